The van der Waals surface area contributed by atoms with Crippen molar-refractivity contribution in [3.8, 4) is 0 Å². The van der Waals surface area contributed by atoms with E-state index in [0.29, 0.717) is 16.7 Å². The van der Waals surface area contributed by atoms with Crippen LogP contribution in [0.5, 0.6) is 0 Å². The summed E-state index contributed by atoms with van der Waals surface area (Å²) in [6.07, 6.45) is 0. The summed E-state index contributed by atoms with van der Waals surface area (Å²) in [7, 11) is 0. The molecule has 2 amide bonds. The van der Waals surface area contributed by atoms with Crippen molar-refractivity contribution in [2.75, 3.05) is 0 Å². The number of halogens is 3. The molecular weight excluding hydrogens is 390 g/mol. The number of fused-ring (bicyclic) bond motifs is 1. The van der Waals surface area contributed by atoms with Crippen molar-refractivity contribution in [3.63, 3.8) is 0 Å². The highest BCUT2D eigenvalue weighted by atomic mass is 35.5. The van der Waals surface area contributed by atoms with Crippen LogP contribution < -0.4 is 5.32 Å². The van der Waals surface area contributed by atoms with E-state index in [2.05, 4.69) is 5.32 Å². The Morgan fingerprint density at radius 1 is 1.15 bits per heavy atom. The van der Waals surface area contributed by atoms with Crippen molar-refractivity contribution in [3.05, 3.63) is 69.0 Å². The Morgan fingerprint density at radius 2 is 1.74 bits per heavy atom. The van der Waals surface area contributed by atoms with Crippen molar-refractivity contribution in [2.45, 2.75) is 38.9 Å². The minimum absolute atomic E-state index is 0.158. The molecule has 142 valence electrons. The van der Waals surface area contributed by atoms with Gasteiger partial charge < -0.3 is 10.2 Å². The molecule has 1 N–H and O–H groups in total. The monoisotopic (exact) mass is 408 g/mol. The Labute approximate surface area is 167 Å². The fraction of sp³-hybridized carbons (Fsp3) is 0.300. The maximum atomic E-state index is 13.2. The van der Waals surface area contributed by atoms with Gasteiger partial charge >= 0.3 is 0 Å². The molecule has 0 fully saturated rings. The number of carbonyl (C=O) groups excluding carboxylic acids is 2. The molecule has 7 heteroatoms. The van der Waals surface area contributed by atoms with Crippen LogP contribution in [0.2, 0.25) is 10.0 Å². The van der Waals surface area contributed by atoms with E-state index in [4.69, 9.17) is 23.2 Å². The summed E-state index contributed by atoms with van der Waals surface area (Å²) in [5.74, 6) is -0.993. The van der Waals surface area contributed by atoms with Gasteiger partial charge in [-0.15, -0.1) is 0 Å². The molecule has 1 atom stereocenters. The van der Waals surface area contributed by atoms with E-state index in [1.807, 2.05) is 20.8 Å². The molecule has 1 unspecified atom stereocenters. The van der Waals surface area contributed by atoms with E-state index in [1.54, 1.807) is 18.2 Å². The van der Waals surface area contributed by atoms with Crippen LogP contribution in [0.25, 0.3) is 0 Å². The van der Waals surface area contributed by atoms with Gasteiger partial charge in [0.05, 0.1) is 10.0 Å². The predicted molar refractivity (Wildman–Crippen MR) is 103 cm³/mol. The van der Waals surface area contributed by atoms with Gasteiger partial charge in [-0.3, -0.25) is 9.59 Å². The highest BCUT2D eigenvalue weighted by molar-refractivity contribution is 6.42. The molecule has 0 aromatic heterocycles. The van der Waals surface area contributed by atoms with Crippen molar-refractivity contribution >= 4 is 35.0 Å². The first-order chi connectivity index (χ1) is 12.6. The summed E-state index contributed by atoms with van der Waals surface area (Å²) in [6, 6.07) is 8.03. The Hall–Kier alpha value is -2.11. The number of nitrogens with zero attached hydrogens (tertiary/aromatic N) is 1. The normalized spacial score (nSPS) is 16.4. The van der Waals surface area contributed by atoms with E-state index in [0.717, 1.165) is 0 Å². The number of hydrogen-bond donors (Lipinski definition) is 1. The second-order valence-electron chi connectivity index (χ2n) is 7.55. The smallest absolute Gasteiger partial charge is 0.255 e. The maximum Gasteiger partial charge on any atom is 0.255 e. The van der Waals surface area contributed by atoms with E-state index < -0.39 is 11.6 Å². The third kappa shape index (κ3) is 4.09. The lowest BCUT2D eigenvalue weighted by molar-refractivity contribution is -0.127. The van der Waals surface area contributed by atoms with E-state index in [-0.39, 0.29) is 34.2 Å². The molecule has 4 nitrogen and oxygen atoms in total. The number of amides is 2. The van der Waals surface area contributed by atoms with Gasteiger partial charge in [0.2, 0.25) is 5.91 Å². The number of benzene rings is 2. The molecule has 2 aromatic carbocycles. The minimum Gasteiger partial charge on any atom is -0.349 e. The van der Waals surface area contributed by atoms with Crippen LogP contribution in [0.15, 0.2) is 36.4 Å². The number of nitrogens with one attached hydrogen (secondary N) is 1. The number of carbonyl (C=O) groups is 2. The van der Waals surface area contributed by atoms with E-state index in [1.165, 1.54) is 23.1 Å². The lowest BCUT2D eigenvalue weighted by Crippen LogP contribution is -2.46. The second kappa shape index (κ2) is 7.13. The molecule has 0 spiro atoms. The Morgan fingerprint density at radius 3 is 2.33 bits per heavy atom. The van der Waals surface area contributed by atoms with E-state index in [9.17, 15) is 14.0 Å². The highest BCUT2D eigenvalue weighted by Gasteiger charge is 2.42. The van der Waals surface area contributed by atoms with Gasteiger partial charge in [-0.05, 0) is 56.2 Å². The summed E-state index contributed by atoms with van der Waals surface area (Å²) in [5.41, 5.74) is 1.10. The molecule has 27 heavy (non-hydrogen) atoms. The lowest BCUT2D eigenvalue weighted by atomic mass is 10.0. The molecule has 2 aromatic rings. The third-order valence-electron chi connectivity index (χ3n) is 4.20. The van der Waals surface area contributed by atoms with Crippen LogP contribution in [0, 0.1) is 5.82 Å². The average Bonchev–Trinajstić information content (AvgIpc) is 2.81. The zero-order chi connectivity index (χ0) is 19.9. The van der Waals surface area contributed by atoms with Crippen LogP contribution in [0.1, 0.15) is 48.3 Å². The van der Waals surface area contributed by atoms with Crippen LogP contribution in [0.4, 0.5) is 4.39 Å². The van der Waals surface area contributed by atoms with Gasteiger partial charge in [0.25, 0.3) is 5.91 Å². The first kappa shape index (κ1) is 19.6. The fourth-order valence-corrected chi connectivity index (χ4v) is 3.42. The number of rotatable bonds is 3. The molecule has 1 aliphatic heterocycles. The molecular formula is C20H19Cl2FN2O2. The minimum atomic E-state index is -0.841. The van der Waals surface area contributed by atoms with Gasteiger partial charge in [-0.2, -0.15) is 0 Å². The highest BCUT2D eigenvalue weighted by Crippen LogP contribution is 2.39. The molecule has 1 heterocycles. The molecule has 1 aliphatic rings. The fourth-order valence-electron chi connectivity index (χ4n) is 3.08. The van der Waals surface area contributed by atoms with Gasteiger partial charge in [0.15, 0.2) is 0 Å². The number of hydrogen-bond acceptors (Lipinski definition) is 2. The molecule has 0 radical (unpaired) electrons. The molecule has 3 rings (SSSR count). The molecule has 0 aliphatic carbocycles. The van der Waals surface area contributed by atoms with E-state index >= 15 is 0 Å². The Balaban J connectivity index is 2.03. The molecule has 0 bridgehead atoms. The predicted octanol–water partition coefficient (Wildman–Crippen LogP) is 4.74. The quantitative estimate of drug-likeness (QED) is 0.796. The standard InChI is InChI=1S/C20H19Cl2FN2O2/c1-20(2,3)24-18(26)17-13-8-15(21)16(22)9-14(13)19(27)25(17)10-11-4-6-12(23)7-5-11/h4-9,17H,10H2,1-3H3,(H,24,26). The second-order valence-corrected chi connectivity index (χ2v) is 8.37. The summed E-state index contributed by atoms with van der Waals surface area (Å²) < 4.78 is 13.2. The van der Waals surface area contributed by atoms with Gasteiger partial charge in [0, 0.05) is 17.6 Å². The van der Waals surface area contributed by atoms with Crippen molar-refractivity contribution < 1.29 is 14.0 Å². The van der Waals surface area contributed by atoms with Crippen LogP contribution in [0.3, 0.4) is 0 Å². The molecule has 0 saturated heterocycles. The van der Waals surface area contributed by atoms with Crippen LogP contribution >= 0.6 is 23.2 Å². The average molecular weight is 409 g/mol. The summed E-state index contributed by atoms with van der Waals surface area (Å²) >= 11 is 12.2. The molecule has 0 saturated carbocycles. The Kier molecular flexibility index (Phi) is 5.19. The Bertz CT molecular complexity index is 907. The first-order valence-corrected chi connectivity index (χ1v) is 9.19. The zero-order valence-electron chi connectivity index (χ0n) is 15.1. The zero-order valence-corrected chi connectivity index (χ0v) is 16.7. The first-order valence-electron chi connectivity index (χ1n) is 8.43. The van der Waals surface area contributed by atoms with Crippen LogP contribution in [-0.2, 0) is 11.3 Å². The van der Waals surface area contributed by atoms with Crippen molar-refractivity contribution in [1.82, 2.24) is 10.2 Å². The summed E-state index contributed by atoms with van der Waals surface area (Å²) in [4.78, 5) is 27.4. The lowest BCUT2D eigenvalue weighted by Gasteiger charge is -2.29. The maximum absolute atomic E-state index is 13.2. The van der Waals surface area contributed by atoms with Crippen molar-refractivity contribution in [1.29, 1.82) is 0 Å². The largest absolute Gasteiger partial charge is 0.349 e. The van der Waals surface area contributed by atoms with Crippen molar-refractivity contribution in [2.24, 2.45) is 0 Å². The summed E-state index contributed by atoms with van der Waals surface area (Å²) in [5, 5.41) is 3.44. The van der Waals surface area contributed by atoms with Crippen LogP contribution in [-0.4, -0.2) is 22.3 Å². The van der Waals surface area contributed by atoms with Gasteiger partial charge in [-0.25, -0.2) is 4.39 Å². The summed E-state index contributed by atoms with van der Waals surface area (Å²) in [6.45, 7) is 5.75. The topological polar surface area (TPSA) is 49.4 Å². The SMILES string of the molecule is CC(C)(C)NC(=O)C1c2cc(Cl)c(Cl)cc2C(=O)N1Cc1ccc(F)cc1. The van der Waals surface area contributed by atoms with Gasteiger partial charge in [0.1, 0.15) is 11.9 Å². The third-order valence-corrected chi connectivity index (χ3v) is 4.92. The van der Waals surface area contributed by atoms with Gasteiger partial charge in [-0.1, -0.05) is 35.3 Å².